The number of hydrogen-bond donors (Lipinski definition) is 1. The molecular weight excluding hydrogens is 359 g/mol. The van der Waals surface area contributed by atoms with Gasteiger partial charge in [-0.15, -0.1) is 11.8 Å². The van der Waals surface area contributed by atoms with Crippen LogP contribution in [-0.2, 0) is 0 Å². The predicted molar refractivity (Wildman–Crippen MR) is 103 cm³/mol. The Labute approximate surface area is 157 Å². The molecule has 1 aliphatic rings. The Hall–Kier alpha value is -1.27. The van der Waals surface area contributed by atoms with Gasteiger partial charge in [-0.1, -0.05) is 35.9 Å². The van der Waals surface area contributed by atoms with Crippen molar-refractivity contribution in [3.8, 4) is 0 Å². The summed E-state index contributed by atoms with van der Waals surface area (Å²) in [4.78, 5) is 5.29. The smallest absolute Gasteiger partial charge is 0.146 e. The normalized spacial score (nSPS) is 16.8. The van der Waals surface area contributed by atoms with Gasteiger partial charge in [0.2, 0.25) is 0 Å². The third kappa shape index (κ3) is 5.11. The van der Waals surface area contributed by atoms with Crippen molar-refractivity contribution in [3.05, 3.63) is 59.4 Å². The fourth-order valence-corrected chi connectivity index (χ4v) is 4.14. The first-order valence-corrected chi connectivity index (χ1v) is 9.77. The summed E-state index contributed by atoms with van der Waals surface area (Å²) in [6, 6.07) is 14.6. The summed E-state index contributed by atoms with van der Waals surface area (Å²) in [5.41, 5.74) is 0.664. The Kier molecular flexibility index (Phi) is 6.59. The molecule has 0 bridgehead atoms. The summed E-state index contributed by atoms with van der Waals surface area (Å²) in [5.74, 6) is 0.434. The van der Waals surface area contributed by atoms with Gasteiger partial charge in [0.25, 0.3) is 0 Å². The molecule has 1 saturated heterocycles. The van der Waals surface area contributed by atoms with Gasteiger partial charge in [0, 0.05) is 43.4 Å². The maximum absolute atomic E-state index is 13.9. The standard InChI is InChI=1S/C19H22ClFN2OS/c20-16-5-1-4-8-19(16)25-14-15(24)13-22-9-11-23(12-10-22)18-7-3-2-6-17(18)21/h1-8,15,24H,9-14H2/t15-/m1/s1. The molecule has 1 fully saturated rings. The van der Waals surface area contributed by atoms with Crippen LogP contribution in [0.5, 0.6) is 0 Å². The van der Waals surface area contributed by atoms with Crippen LogP contribution in [0.2, 0.25) is 5.02 Å². The molecule has 0 unspecified atom stereocenters. The van der Waals surface area contributed by atoms with Gasteiger partial charge in [0.05, 0.1) is 16.8 Å². The number of halogens is 2. The van der Waals surface area contributed by atoms with Crippen LogP contribution in [0.25, 0.3) is 0 Å². The average molecular weight is 381 g/mol. The molecule has 0 spiro atoms. The Morgan fingerprint density at radius 1 is 1.04 bits per heavy atom. The molecule has 0 saturated carbocycles. The van der Waals surface area contributed by atoms with Crippen molar-refractivity contribution in [1.82, 2.24) is 4.90 Å². The van der Waals surface area contributed by atoms with Crippen LogP contribution in [0.1, 0.15) is 0 Å². The molecule has 134 valence electrons. The van der Waals surface area contributed by atoms with Gasteiger partial charge in [0.1, 0.15) is 5.82 Å². The topological polar surface area (TPSA) is 26.7 Å². The van der Waals surface area contributed by atoms with Gasteiger partial charge in [-0.3, -0.25) is 4.90 Å². The van der Waals surface area contributed by atoms with Crippen molar-refractivity contribution in [2.45, 2.75) is 11.0 Å². The van der Waals surface area contributed by atoms with E-state index in [9.17, 15) is 9.50 Å². The SMILES string of the molecule is O[C@@H](CSc1ccccc1Cl)CN1CCN(c2ccccc2F)CC1. The van der Waals surface area contributed by atoms with E-state index in [-0.39, 0.29) is 5.82 Å². The molecule has 25 heavy (non-hydrogen) atoms. The maximum Gasteiger partial charge on any atom is 0.146 e. The van der Waals surface area contributed by atoms with Crippen molar-refractivity contribution in [2.75, 3.05) is 43.4 Å². The quantitative estimate of drug-likeness (QED) is 0.772. The number of hydrogen-bond acceptors (Lipinski definition) is 4. The number of aliphatic hydroxyl groups excluding tert-OH is 1. The molecule has 1 aliphatic heterocycles. The second-order valence-corrected chi connectivity index (χ2v) is 7.60. The number of β-amino-alcohol motifs (C(OH)–C–C–N with tert-alkyl or cyclic N) is 1. The lowest BCUT2D eigenvalue weighted by Crippen LogP contribution is -2.49. The second-order valence-electron chi connectivity index (χ2n) is 6.13. The van der Waals surface area contributed by atoms with E-state index in [0.717, 1.165) is 36.1 Å². The highest BCUT2D eigenvalue weighted by atomic mass is 35.5. The van der Waals surface area contributed by atoms with E-state index < -0.39 is 6.10 Å². The van der Waals surface area contributed by atoms with Crippen LogP contribution in [0.3, 0.4) is 0 Å². The lowest BCUT2D eigenvalue weighted by atomic mass is 10.2. The molecule has 0 aliphatic carbocycles. The van der Waals surface area contributed by atoms with Crippen LogP contribution in [0.4, 0.5) is 10.1 Å². The first kappa shape index (κ1) is 18.5. The molecule has 3 rings (SSSR count). The molecule has 0 aromatic heterocycles. The molecular formula is C19H22ClFN2OS. The Bertz CT molecular complexity index is 695. The highest BCUT2D eigenvalue weighted by Gasteiger charge is 2.21. The Balaban J connectivity index is 1.44. The van der Waals surface area contributed by atoms with Crippen molar-refractivity contribution in [3.63, 3.8) is 0 Å². The summed E-state index contributed by atoms with van der Waals surface area (Å²) < 4.78 is 13.9. The molecule has 6 heteroatoms. The summed E-state index contributed by atoms with van der Waals surface area (Å²) in [6.07, 6.45) is -0.415. The van der Waals surface area contributed by atoms with Crippen LogP contribution >= 0.6 is 23.4 Å². The molecule has 1 heterocycles. The van der Waals surface area contributed by atoms with Gasteiger partial charge in [0.15, 0.2) is 0 Å². The largest absolute Gasteiger partial charge is 0.391 e. The Morgan fingerprint density at radius 2 is 1.72 bits per heavy atom. The lowest BCUT2D eigenvalue weighted by molar-refractivity contribution is 0.126. The zero-order valence-electron chi connectivity index (χ0n) is 13.9. The average Bonchev–Trinajstić information content (AvgIpc) is 2.62. The molecule has 2 aromatic rings. The van der Waals surface area contributed by atoms with Crippen LogP contribution in [0, 0.1) is 5.82 Å². The van der Waals surface area contributed by atoms with Gasteiger partial charge >= 0.3 is 0 Å². The van der Waals surface area contributed by atoms with Gasteiger partial charge in [-0.05, 0) is 24.3 Å². The summed E-state index contributed by atoms with van der Waals surface area (Å²) in [5, 5.41) is 11.0. The van der Waals surface area contributed by atoms with Crippen LogP contribution in [0.15, 0.2) is 53.4 Å². The van der Waals surface area contributed by atoms with E-state index in [2.05, 4.69) is 9.80 Å². The molecule has 1 N–H and O–H groups in total. The number of piperazine rings is 1. The van der Waals surface area contributed by atoms with Crippen molar-refractivity contribution in [1.29, 1.82) is 0 Å². The first-order chi connectivity index (χ1) is 12.1. The molecule has 1 atom stereocenters. The van der Waals surface area contributed by atoms with E-state index >= 15 is 0 Å². The molecule has 2 aromatic carbocycles. The summed E-state index contributed by atoms with van der Waals surface area (Å²) in [7, 11) is 0. The number of thioether (sulfide) groups is 1. The number of nitrogens with zero attached hydrogens (tertiary/aromatic N) is 2. The zero-order chi connectivity index (χ0) is 17.6. The number of aliphatic hydroxyl groups is 1. The minimum Gasteiger partial charge on any atom is -0.391 e. The second kappa shape index (κ2) is 8.90. The van der Waals surface area contributed by atoms with Crippen molar-refractivity contribution >= 4 is 29.1 Å². The summed E-state index contributed by atoms with van der Waals surface area (Å²) in [6.45, 7) is 3.81. The highest BCUT2D eigenvalue weighted by Crippen LogP contribution is 2.27. The minimum absolute atomic E-state index is 0.174. The monoisotopic (exact) mass is 380 g/mol. The van der Waals surface area contributed by atoms with Gasteiger partial charge in [-0.2, -0.15) is 0 Å². The maximum atomic E-state index is 13.9. The van der Waals surface area contributed by atoms with Crippen LogP contribution < -0.4 is 4.90 Å². The fraction of sp³-hybridized carbons (Fsp3) is 0.368. The lowest BCUT2D eigenvalue weighted by Gasteiger charge is -2.37. The summed E-state index contributed by atoms with van der Waals surface area (Å²) >= 11 is 7.71. The fourth-order valence-electron chi connectivity index (χ4n) is 2.98. The van der Waals surface area contributed by atoms with Gasteiger partial charge < -0.3 is 10.0 Å². The third-order valence-corrected chi connectivity index (χ3v) is 5.96. The van der Waals surface area contributed by atoms with Gasteiger partial charge in [-0.25, -0.2) is 4.39 Å². The predicted octanol–water partition coefficient (Wildman–Crippen LogP) is 3.75. The van der Waals surface area contributed by atoms with Crippen molar-refractivity contribution < 1.29 is 9.50 Å². The number of anilines is 1. The third-order valence-electron chi connectivity index (χ3n) is 4.30. The Morgan fingerprint density at radius 3 is 2.44 bits per heavy atom. The van der Waals surface area contributed by atoms with E-state index in [1.807, 2.05) is 36.4 Å². The van der Waals surface area contributed by atoms with Crippen LogP contribution in [-0.4, -0.2) is 54.6 Å². The first-order valence-electron chi connectivity index (χ1n) is 8.40. The zero-order valence-corrected chi connectivity index (χ0v) is 15.5. The van der Waals surface area contributed by atoms with E-state index in [1.165, 1.54) is 6.07 Å². The molecule has 3 nitrogen and oxygen atoms in total. The number of benzene rings is 2. The molecule has 0 radical (unpaired) electrons. The minimum atomic E-state index is -0.415. The molecule has 0 amide bonds. The van der Waals surface area contributed by atoms with Crippen molar-refractivity contribution in [2.24, 2.45) is 0 Å². The number of para-hydroxylation sites is 1. The van der Waals surface area contributed by atoms with E-state index in [0.29, 0.717) is 18.0 Å². The number of rotatable bonds is 6. The highest BCUT2D eigenvalue weighted by molar-refractivity contribution is 7.99. The van der Waals surface area contributed by atoms with E-state index in [4.69, 9.17) is 11.6 Å². The van der Waals surface area contributed by atoms with E-state index in [1.54, 1.807) is 17.8 Å².